The van der Waals surface area contributed by atoms with Crippen LogP contribution in [0.1, 0.15) is 12.8 Å². The first-order chi connectivity index (χ1) is 6.75. The third-order valence-electron chi connectivity index (χ3n) is 2.73. The number of anilines is 1. The van der Waals surface area contributed by atoms with Gasteiger partial charge in [0.1, 0.15) is 0 Å². The summed E-state index contributed by atoms with van der Waals surface area (Å²) in [7, 11) is 0. The second-order valence-corrected chi connectivity index (χ2v) is 4.81. The molecule has 1 fully saturated rings. The SMILES string of the molecule is NC1CC(CNc2ccccc2Br)C1. The zero-order valence-electron chi connectivity index (χ0n) is 8.04. The first-order valence-electron chi connectivity index (χ1n) is 4.99. The molecule has 1 aliphatic carbocycles. The van der Waals surface area contributed by atoms with E-state index in [9.17, 15) is 0 Å². The van der Waals surface area contributed by atoms with Crippen molar-refractivity contribution in [3.8, 4) is 0 Å². The molecule has 0 saturated heterocycles. The molecule has 0 spiro atoms. The minimum absolute atomic E-state index is 0.445. The number of hydrogen-bond donors (Lipinski definition) is 2. The van der Waals surface area contributed by atoms with E-state index in [1.165, 1.54) is 5.69 Å². The third-order valence-corrected chi connectivity index (χ3v) is 3.42. The average molecular weight is 255 g/mol. The van der Waals surface area contributed by atoms with Crippen LogP contribution in [0.15, 0.2) is 28.7 Å². The van der Waals surface area contributed by atoms with Crippen LogP contribution in [0.4, 0.5) is 5.69 Å². The minimum Gasteiger partial charge on any atom is -0.384 e. The van der Waals surface area contributed by atoms with Crippen molar-refractivity contribution in [3.05, 3.63) is 28.7 Å². The highest BCUT2D eigenvalue weighted by Gasteiger charge is 2.25. The molecule has 76 valence electrons. The molecule has 0 bridgehead atoms. The van der Waals surface area contributed by atoms with Crippen molar-refractivity contribution in [2.75, 3.05) is 11.9 Å². The number of para-hydroxylation sites is 1. The maximum Gasteiger partial charge on any atom is 0.0484 e. The Balaban J connectivity index is 1.83. The molecule has 1 aromatic rings. The molecule has 1 aromatic carbocycles. The Morgan fingerprint density at radius 2 is 2.07 bits per heavy atom. The largest absolute Gasteiger partial charge is 0.384 e. The molecule has 3 N–H and O–H groups in total. The second-order valence-electron chi connectivity index (χ2n) is 3.96. The number of halogens is 1. The lowest BCUT2D eigenvalue weighted by Gasteiger charge is -2.32. The van der Waals surface area contributed by atoms with E-state index in [-0.39, 0.29) is 0 Å². The molecule has 1 saturated carbocycles. The smallest absolute Gasteiger partial charge is 0.0484 e. The summed E-state index contributed by atoms with van der Waals surface area (Å²) in [5.41, 5.74) is 6.90. The molecule has 0 heterocycles. The van der Waals surface area contributed by atoms with E-state index in [2.05, 4.69) is 33.4 Å². The molecular formula is C11H15BrN2. The predicted octanol–water partition coefficient (Wildman–Crippen LogP) is 2.60. The van der Waals surface area contributed by atoms with Crippen molar-refractivity contribution < 1.29 is 0 Å². The first kappa shape index (κ1) is 9.99. The molecule has 0 amide bonds. The molecule has 1 aliphatic rings. The summed E-state index contributed by atoms with van der Waals surface area (Å²) >= 11 is 3.51. The van der Waals surface area contributed by atoms with Crippen LogP contribution in [-0.4, -0.2) is 12.6 Å². The fourth-order valence-electron chi connectivity index (χ4n) is 1.81. The van der Waals surface area contributed by atoms with Crippen LogP contribution in [0, 0.1) is 5.92 Å². The Kier molecular flexibility index (Phi) is 3.08. The molecule has 0 aliphatic heterocycles. The van der Waals surface area contributed by atoms with Gasteiger partial charge in [-0.05, 0) is 46.8 Å². The molecule has 14 heavy (non-hydrogen) atoms. The van der Waals surface area contributed by atoms with Crippen molar-refractivity contribution in [3.63, 3.8) is 0 Å². The molecule has 0 atom stereocenters. The summed E-state index contributed by atoms with van der Waals surface area (Å²) in [4.78, 5) is 0. The van der Waals surface area contributed by atoms with Gasteiger partial charge in [-0.1, -0.05) is 12.1 Å². The number of rotatable bonds is 3. The maximum atomic E-state index is 5.73. The van der Waals surface area contributed by atoms with Crippen LogP contribution in [0.3, 0.4) is 0 Å². The quantitative estimate of drug-likeness (QED) is 0.871. The van der Waals surface area contributed by atoms with Crippen LogP contribution < -0.4 is 11.1 Å². The fourth-order valence-corrected chi connectivity index (χ4v) is 2.24. The minimum atomic E-state index is 0.445. The highest BCUT2D eigenvalue weighted by Crippen LogP contribution is 2.27. The summed E-state index contributed by atoms with van der Waals surface area (Å²) in [6.07, 6.45) is 2.33. The lowest BCUT2D eigenvalue weighted by molar-refractivity contribution is 0.280. The lowest BCUT2D eigenvalue weighted by Crippen LogP contribution is -2.39. The molecule has 2 rings (SSSR count). The summed E-state index contributed by atoms with van der Waals surface area (Å²) in [5, 5.41) is 3.43. The van der Waals surface area contributed by atoms with Crippen molar-refractivity contribution in [2.45, 2.75) is 18.9 Å². The van der Waals surface area contributed by atoms with Crippen molar-refractivity contribution in [2.24, 2.45) is 11.7 Å². The van der Waals surface area contributed by atoms with Crippen LogP contribution >= 0.6 is 15.9 Å². The third kappa shape index (κ3) is 2.28. The van der Waals surface area contributed by atoms with E-state index < -0.39 is 0 Å². The van der Waals surface area contributed by atoms with Gasteiger partial charge in [-0.25, -0.2) is 0 Å². The average Bonchev–Trinajstić information content (AvgIpc) is 2.13. The molecule has 3 heteroatoms. The zero-order chi connectivity index (χ0) is 9.97. The standard InChI is InChI=1S/C11H15BrN2/c12-10-3-1-2-4-11(10)14-7-8-5-9(13)6-8/h1-4,8-9,14H,5-7,13H2. The first-order valence-corrected chi connectivity index (χ1v) is 5.79. The second kappa shape index (κ2) is 4.32. The molecular weight excluding hydrogens is 240 g/mol. The Bertz CT molecular complexity index is 308. The van der Waals surface area contributed by atoms with E-state index in [0.29, 0.717) is 6.04 Å². The molecule has 2 nitrogen and oxygen atoms in total. The van der Waals surface area contributed by atoms with Gasteiger partial charge in [0.2, 0.25) is 0 Å². The van der Waals surface area contributed by atoms with E-state index in [4.69, 9.17) is 5.73 Å². The lowest BCUT2D eigenvalue weighted by atomic mass is 9.81. The number of benzene rings is 1. The summed E-state index contributed by atoms with van der Waals surface area (Å²) in [6, 6.07) is 8.65. The van der Waals surface area contributed by atoms with Gasteiger partial charge >= 0.3 is 0 Å². The van der Waals surface area contributed by atoms with Gasteiger partial charge in [0, 0.05) is 22.7 Å². The van der Waals surface area contributed by atoms with Crippen molar-refractivity contribution in [1.82, 2.24) is 0 Å². The van der Waals surface area contributed by atoms with Gasteiger partial charge in [-0.3, -0.25) is 0 Å². The van der Waals surface area contributed by atoms with Gasteiger partial charge in [0.15, 0.2) is 0 Å². The maximum absolute atomic E-state index is 5.73. The molecule has 0 unspecified atom stereocenters. The van der Waals surface area contributed by atoms with Gasteiger partial charge < -0.3 is 11.1 Å². The molecule has 0 aromatic heterocycles. The van der Waals surface area contributed by atoms with Gasteiger partial charge in [0.05, 0.1) is 0 Å². The normalized spacial score (nSPS) is 25.6. The summed E-state index contributed by atoms with van der Waals surface area (Å²) in [5.74, 6) is 0.761. The Hall–Kier alpha value is -0.540. The van der Waals surface area contributed by atoms with Crippen LogP contribution in [0.5, 0.6) is 0 Å². The number of nitrogens with two attached hydrogens (primary N) is 1. The Labute approximate surface area is 93.0 Å². The topological polar surface area (TPSA) is 38.0 Å². The van der Waals surface area contributed by atoms with Gasteiger partial charge in [-0.2, -0.15) is 0 Å². The van der Waals surface area contributed by atoms with E-state index in [1.807, 2.05) is 12.1 Å². The van der Waals surface area contributed by atoms with E-state index in [0.717, 1.165) is 29.8 Å². The predicted molar refractivity (Wildman–Crippen MR) is 63.3 cm³/mol. The number of nitrogens with one attached hydrogen (secondary N) is 1. The van der Waals surface area contributed by atoms with Gasteiger partial charge in [-0.15, -0.1) is 0 Å². The van der Waals surface area contributed by atoms with E-state index in [1.54, 1.807) is 0 Å². The monoisotopic (exact) mass is 254 g/mol. The van der Waals surface area contributed by atoms with E-state index >= 15 is 0 Å². The highest BCUT2D eigenvalue weighted by molar-refractivity contribution is 9.10. The van der Waals surface area contributed by atoms with Crippen LogP contribution in [-0.2, 0) is 0 Å². The highest BCUT2D eigenvalue weighted by atomic mass is 79.9. The van der Waals surface area contributed by atoms with Crippen molar-refractivity contribution >= 4 is 21.6 Å². The summed E-state index contributed by atoms with van der Waals surface area (Å²) < 4.78 is 1.13. The fraction of sp³-hybridized carbons (Fsp3) is 0.455. The Morgan fingerprint density at radius 1 is 1.36 bits per heavy atom. The Morgan fingerprint density at radius 3 is 2.71 bits per heavy atom. The summed E-state index contributed by atoms with van der Waals surface area (Å²) in [6.45, 7) is 1.04. The molecule has 0 radical (unpaired) electrons. The van der Waals surface area contributed by atoms with Gasteiger partial charge in [0.25, 0.3) is 0 Å². The number of hydrogen-bond acceptors (Lipinski definition) is 2. The van der Waals surface area contributed by atoms with Crippen LogP contribution in [0.25, 0.3) is 0 Å². The van der Waals surface area contributed by atoms with Crippen LogP contribution in [0.2, 0.25) is 0 Å². The zero-order valence-corrected chi connectivity index (χ0v) is 9.63. The van der Waals surface area contributed by atoms with Crippen molar-refractivity contribution in [1.29, 1.82) is 0 Å².